The first-order chi connectivity index (χ1) is 13.8. The number of carbonyl (C=O) groups is 2. The fourth-order valence-electron chi connectivity index (χ4n) is 3.56. The Bertz CT molecular complexity index is 1220. The second-order valence-electron chi connectivity index (χ2n) is 7.40. The third kappa shape index (κ3) is 3.34. The molecule has 1 aliphatic heterocycles. The summed E-state index contributed by atoms with van der Waals surface area (Å²) in [7, 11) is 1.78. The Morgan fingerprint density at radius 1 is 1.28 bits per heavy atom. The van der Waals surface area contributed by atoms with E-state index in [1.807, 2.05) is 31.2 Å². The van der Waals surface area contributed by atoms with Crippen LogP contribution >= 0.6 is 11.6 Å². The molecule has 0 bridgehead atoms. The van der Waals surface area contributed by atoms with Crippen LogP contribution in [0.5, 0.6) is 0 Å². The van der Waals surface area contributed by atoms with Gasteiger partial charge in [-0.2, -0.15) is 5.10 Å². The summed E-state index contributed by atoms with van der Waals surface area (Å²) < 4.78 is 1.63. The average Bonchev–Trinajstić information content (AvgIpc) is 3.20. The molecule has 0 saturated carbocycles. The standard InChI is InChI=1S/C22H19ClN4O2/c1-22(9-10-26(2)21(22)29)8-7-14-11-15(23)13-16(12-14)27-18-6-4-3-5-17(18)19(25-27)20(24)28/h3-6,11-13H,9-10H2,1-2H3,(H2,24,28)/t22-/m1/s1. The van der Waals surface area contributed by atoms with E-state index in [4.69, 9.17) is 17.3 Å². The first-order valence-electron chi connectivity index (χ1n) is 9.16. The fourth-order valence-corrected chi connectivity index (χ4v) is 3.79. The maximum Gasteiger partial charge on any atom is 0.269 e. The molecule has 7 heteroatoms. The smallest absolute Gasteiger partial charge is 0.269 e. The van der Waals surface area contributed by atoms with E-state index in [2.05, 4.69) is 16.9 Å². The minimum absolute atomic E-state index is 0.0245. The zero-order chi connectivity index (χ0) is 20.8. The van der Waals surface area contributed by atoms with Gasteiger partial charge in [-0.3, -0.25) is 9.59 Å². The van der Waals surface area contributed by atoms with Crippen molar-refractivity contribution in [3.63, 3.8) is 0 Å². The third-order valence-corrected chi connectivity index (χ3v) is 5.41. The van der Waals surface area contributed by atoms with Crippen LogP contribution in [0.1, 0.15) is 29.4 Å². The van der Waals surface area contributed by atoms with Crippen molar-refractivity contribution < 1.29 is 9.59 Å². The highest BCUT2D eigenvalue weighted by Gasteiger charge is 2.39. The zero-order valence-corrected chi connectivity index (χ0v) is 16.8. The molecule has 146 valence electrons. The lowest BCUT2D eigenvalue weighted by atomic mass is 9.89. The number of halogens is 1. The number of amides is 2. The van der Waals surface area contributed by atoms with Gasteiger partial charge in [0, 0.05) is 29.6 Å². The van der Waals surface area contributed by atoms with Gasteiger partial charge in [0.2, 0.25) is 5.91 Å². The highest BCUT2D eigenvalue weighted by atomic mass is 35.5. The Kier molecular flexibility index (Phi) is 4.56. The predicted molar refractivity (Wildman–Crippen MR) is 112 cm³/mol. The van der Waals surface area contributed by atoms with Gasteiger partial charge in [0.1, 0.15) is 5.41 Å². The first kappa shape index (κ1) is 19.0. The van der Waals surface area contributed by atoms with Gasteiger partial charge in [0.25, 0.3) is 5.91 Å². The quantitative estimate of drug-likeness (QED) is 0.664. The summed E-state index contributed by atoms with van der Waals surface area (Å²) in [6.07, 6.45) is 0.689. The Morgan fingerprint density at radius 3 is 2.72 bits per heavy atom. The Hall–Kier alpha value is -3.30. The molecule has 0 aliphatic carbocycles. The van der Waals surface area contributed by atoms with Crippen LogP contribution in [-0.4, -0.2) is 40.1 Å². The number of hydrogen-bond donors (Lipinski definition) is 1. The number of rotatable bonds is 2. The van der Waals surface area contributed by atoms with Gasteiger partial charge in [-0.25, -0.2) is 4.68 Å². The van der Waals surface area contributed by atoms with Gasteiger partial charge < -0.3 is 10.6 Å². The number of hydrogen-bond acceptors (Lipinski definition) is 3. The lowest BCUT2D eigenvalue weighted by molar-refractivity contribution is -0.131. The van der Waals surface area contributed by atoms with Crippen molar-refractivity contribution in [3.05, 3.63) is 58.7 Å². The molecule has 29 heavy (non-hydrogen) atoms. The largest absolute Gasteiger partial charge is 0.364 e. The number of carbonyl (C=O) groups excluding carboxylic acids is 2. The second-order valence-corrected chi connectivity index (χ2v) is 7.84. The van der Waals surface area contributed by atoms with Crippen molar-refractivity contribution in [2.24, 2.45) is 11.1 Å². The lowest BCUT2D eigenvalue weighted by Crippen LogP contribution is -2.28. The van der Waals surface area contributed by atoms with Crippen LogP contribution in [0.15, 0.2) is 42.5 Å². The molecule has 1 aliphatic rings. The van der Waals surface area contributed by atoms with Crippen LogP contribution in [0.3, 0.4) is 0 Å². The maximum absolute atomic E-state index is 12.4. The molecule has 2 N–H and O–H groups in total. The number of primary amides is 1. The molecule has 0 radical (unpaired) electrons. The molecule has 1 saturated heterocycles. The fraction of sp³-hybridized carbons (Fsp3) is 0.227. The molecule has 1 fully saturated rings. The number of benzene rings is 2. The van der Waals surface area contributed by atoms with Crippen LogP contribution in [0.25, 0.3) is 16.6 Å². The third-order valence-electron chi connectivity index (χ3n) is 5.20. The SMILES string of the molecule is CN1CC[C@@](C)(C#Cc2cc(Cl)cc(-n3nc(C(N)=O)c4ccccc43)c2)C1=O. The van der Waals surface area contributed by atoms with Crippen LogP contribution in [0, 0.1) is 17.3 Å². The van der Waals surface area contributed by atoms with Gasteiger partial charge in [-0.05, 0) is 37.6 Å². The van der Waals surface area contributed by atoms with Crippen molar-refractivity contribution in [3.8, 4) is 17.5 Å². The summed E-state index contributed by atoms with van der Waals surface area (Å²) in [4.78, 5) is 25.8. The van der Waals surface area contributed by atoms with Gasteiger partial charge in [-0.15, -0.1) is 0 Å². The Labute approximate surface area is 173 Å². The summed E-state index contributed by atoms with van der Waals surface area (Å²) in [5.41, 5.74) is 7.04. The van der Waals surface area contributed by atoms with E-state index in [0.717, 1.165) is 5.52 Å². The highest BCUT2D eigenvalue weighted by molar-refractivity contribution is 6.30. The van der Waals surface area contributed by atoms with E-state index in [1.54, 1.807) is 34.8 Å². The van der Waals surface area contributed by atoms with Crippen molar-refractivity contribution in [1.82, 2.24) is 14.7 Å². The number of nitrogens with two attached hydrogens (primary N) is 1. The van der Waals surface area contributed by atoms with Crippen LogP contribution in [-0.2, 0) is 4.79 Å². The number of aromatic nitrogens is 2. The summed E-state index contributed by atoms with van der Waals surface area (Å²) in [5.74, 6) is 5.64. The number of likely N-dealkylation sites (tertiary alicyclic amines) is 1. The molecule has 1 atom stereocenters. The van der Waals surface area contributed by atoms with Crippen LogP contribution < -0.4 is 5.73 Å². The molecule has 0 spiro atoms. The summed E-state index contributed by atoms with van der Waals surface area (Å²) >= 11 is 6.33. The van der Waals surface area contributed by atoms with E-state index < -0.39 is 11.3 Å². The predicted octanol–water partition coefficient (Wildman–Crippen LogP) is 3.00. The summed E-state index contributed by atoms with van der Waals surface area (Å²) in [6.45, 7) is 2.55. The van der Waals surface area contributed by atoms with E-state index in [-0.39, 0.29) is 11.6 Å². The van der Waals surface area contributed by atoms with Gasteiger partial charge in [0.05, 0.1) is 11.2 Å². The van der Waals surface area contributed by atoms with Crippen LogP contribution in [0.4, 0.5) is 0 Å². The normalized spacial score (nSPS) is 18.7. The van der Waals surface area contributed by atoms with E-state index in [0.29, 0.717) is 34.6 Å². The maximum atomic E-state index is 12.4. The van der Waals surface area contributed by atoms with E-state index >= 15 is 0 Å². The Morgan fingerprint density at radius 2 is 2.03 bits per heavy atom. The van der Waals surface area contributed by atoms with E-state index in [1.165, 1.54) is 0 Å². The van der Waals surface area contributed by atoms with Crippen molar-refractivity contribution >= 4 is 34.3 Å². The highest BCUT2D eigenvalue weighted by Crippen LogP contribution is 2.30. The molecular formula is C22H19ClN4O2. The number of fused-ring (bicyclic) bond motifs is 1. The molecule has 2 amide bonds. The minimum atomic E-state index is -0.700. The second kappa shape index (κ2) is 6.94. The minimum Gasteiger partial charge on any atom is -0.364 e. The van der Waals surface area contributed by atoms with Gasteiger partial charge >= 0.3 is 0 Å². The van der Waals surface area contributed by atoms with Crippen molar-refractivity contribution in [2.75, 3.05) is 13.6 Å². The number of nitrogens with zero attached hydrogens (tertiary/aromatic N) is 3. The topological polar surface area (TPSA) is 81.2 Å². The average molecular weight is 407 g/mol. The van der Waals surface area contributed by atoms with Crippen molar-refractivity contribution in [1.29, 1.82) is 0 Å². The molecule has 1 aromatic heterocycles. The molecular weight excluding hydrogens is 388 g/mol. The monoisotopic (exact) mass is 406 g/mol. The van der Waals surface area contributed by atoms with Crippen LogP contribution in [0.2, 0.25) is 5.02 Å². The molecule has 4 rings (SSSR count). The molecule has 0 unspecified atom stereocenters. The molecule has 6 nitrogen and oxygen atoms in total. The molecule has 3 aromatic rings. The number of para-hydroxylation sites is 1. The first-order valence-corrected chi connectivity index (χ1v) is 9.53. The van der Waals surface area contributed by atoms with E-state index in [9.17, 15) is 9.59 Å². The van der Waals surface area contributed by atoms with Gasteiger partial charge in [-0.1, -0.05) is 41.6 Å². The summed E-state index contributed by atoms with van der Waals surface area (Å²) in [5, 5.41) is 5.53. The van der Waals surface area contributed by atoms with Gasteiger partial charge in [0.15, 0.2) is 5.69 Å². The van der Waals surface area contributed by atoms with Crippen molar-refractivity contribution in [2.45, 2.75) is 13.3 Å². The molecule has 2 aromatic carbocycles. The molecule has 2 heterocycles. The summed E-state index contributed by atoms with van der Waals surface area (Å²) in [6, 6.07) is 12.7. The lowest BCUT2D eigenvalue weighted by Gasteiger charge is -2.14. The zero-order valence-electron chi connectivity index (χ0n) is 16.1. The Balaban J connectivity index is 1.80.